The van der Waals surface area contributed by atoms with E-state index >= 15 is 0 Å². The summed E-state index contributed by atoms with van der Waals surface area (Å²) in [6.45, 7) is 1.84. The van der Waals surface area contributed by atoms with Crippen LogP contribution < -0.4 is 0 Å². The number of carbonyl (C=O) groups excluding carboxylic acids is 1. The summed E-state index contributed by atoms with van der Waals surface area (Å²) in [5, 5.41) is 0. The van der Waals surface area contributed by atoms with Gasteiger partial charge in [-0.15, -0.1) is 0 Å². The van der Waals surface area contributed by atoms with Crippen molar-refractivity contribution in [1.29, 1.82) is 0 Å². The normalized spacial score (nSPS) is 14.6. The summed E-state index contributed by atoms with van der Waals surface area (Å²) < 4.78 is 51.5. The van der Waals surface area contributed by atoms with E-state index < -0.39 is 30.4 Å². The Bertz CT molecular complexity index is 273. The summed E-state index contributed by atoms with van der Waals surface area (Å²) in [4.78, 5) is 10.8. The molecule has 0 heterocycles. The Hall–Kier alpha value is -1.08. The summed E-state index contributed by atoms with van der Waals surface area (Å²) in [5.74, 6) is -1.07. The number of rotatable bonds is 6. The molecule has 0 bridgehead atoms. The van der Waals surface area contributed by atoms with Gasteiger partial charge >= 0.3 is 12.1 Å². The number of esters is 1. The van der Waals surface area contributed by atoms with Crippen molar-refractivity contribution in [2.45, 2.75) is 25.8 Å². The average Bonchev–Trinajstić information content (AvgIpc) is 2.25. The van der Waals surface area contributed by atoms with Gasteiger partial charge < -0.3 is 14.2 Å². The van der Waals surface area contributed by atoms with Crippen molar-refractivity contribution >= 4 is 5.97 Å². The van der Waals surface area contributed by atoms with Crippen LogP contribution in [0.4, 0.5) is 13.2 Å². The lowest BCUT2D eigenvalue weighted by molar-refractivity contribution is -0.142. The van der Waals surface area contributed by atoms with E-state index in [1.165, 1.54) is 7.11 Å². The van der Waals surface area contributed by atoms with Gasteiger partial charge in [-0.2, -0.15) is 13.2 Å². The third kappa shape index (κ3) is 6.28. The predicted octanol–water partition coefficient (Wildman–Crippen LogP) is 2.05. The van der Waals surface area contributed by atoms with Crippen molar-refractivity contribution in [2.24, 2.45) is 0 Å². The SMILES string of the molecule is CCOC(CC(=CC(=O)OC)C(F)(F)F)OC. The maximum absolute atomic E-state index is 12.6. The largest absolute Gasteiger partial charge is 0.466 e. The van der Waals surface area contributed by atoms with E-state index in [2.05, 4.69) is 4.74 Å². The molecule has 0 amide bonds. The Morgan fingerprint density at radius 2 is 1.94 bits per heavy atom. The van der Waals surface area contributed by atoms with Gasteiger partial charge in [-0.3, -0.25) is 0 Å². The summed E-state index contributed by atoms with van der Waals surface area (Å²) in [7, 11) is 2.23. The topological polar surface area (TPSA) is 44.8 Å². The van der Waals surface area contributed by atoms with E-state index in [0.29, 0.717) is 6.08 Å². The molecule has 1 unspecified atom stereocenters. The fraction of sp³-hybridized carbons (Fsp3) is 0.700. The molecule has 0 aliphatic heterocycles. The Morgan fingerprint density at radius 1 is 1.35 bits per heavy atom. The number of methoxy groups -OCH3 is 2. The van der Waals surface area contributed by atoms with E-state index in [1.54, 1.807) is 6.92 Å². The highest BCUT2D eigenvalue weighted by Gasteiger charge is 2.36. The van der Waals surface area contributed by atoms with Crippen LogP contribution in [0.15, 0.2) is 11.6 Å². The van der Waals surface area contributed by atoms with Crippen LogP contribution in [-0.2, 0) is 19.0 Å². The van der Waals surface area contributed by atoms with E-state index in [4.69, 9.17) is 9.47 Å². The second-order valence-corrected chi connectivity index (χ2v) is 3.02. The molecule has 0 rings (SSSR count). The minimum Gasteiger partial charge on any atom is -0.466 e. The highest BCUT2D eigenvalue weighted by Crippen LogP contribution is 2.29. The van der Waals surface area contributed by atoms with Crippen LogP contribution in [0.1, 0.15) is 13.3 Å². The van der Waals surface area contributed by atoms with Crippen LogP contribution in [0.2, 0.25) is 0 Å². The Labute approximate surface area is 97.3 Å². The molecule has 1 atom stereocenters. The maximum Gasteiger partial charge on any atom is 0.413 e. The lowest BCUT2D eigenvalue weighted by Crippen LogP contribution is -2.23. The average molecular weight is 256 g/mol. The molecule has 0 aliphatic rings. The lowest BCUT2D eigenvalue weighted by Gasteiger charge is -2.18. The van der Waals surface area contributed by atoms with Crippen LogP contribution in [0.5, 0.6) is 0 Å². The van der Waals surface area contributed by atoms with Gasteiger partial charge in [0, 0.05) is 31.8 Å². The molecule has 0 saturated carbocycles. The molecule has 17 heavy (non-hydrogen) atoms. The molecule has 0 saturated heterocycles. The summed E-state index contributed by atoms with van der Waals surface area (Å²) >= 11 is 0. The molecule has 0 aromatic heterocycles. The molecule has 0 aliphatic carbocycles. The Balaban J connectivity index is 4.82. The van der Waals surface area contributed by atoms with Crippen LogP contribution in [0, 0.1) is 0 Å². The van der Waals surface area contributed by atoms with Gasteiger partial charge in [0.1, 0.15) is 0 Å². The number of carbonyl (C=O) groups is 1. The number of halogens is 3. The molecule has 0 spiro atoms. The minimum atomic E-state index is -4.62. The van der Waals surface area contributed by atoms with E-state index in [9.17, 15) is 18.0 Å². The third-order valence-electron chi connectivity index (χ3n) is 1.86. The van der Waals surface area contributed by atoms with Crippen LogP contribution in [0.25, 0.3) is 0 Å². The Morgan fingerprint density at radius 3 is 2.29 bits per heavy atom. The standard InChI is InChI=1S/C10H15F3O4/c1-4-17-9(16-3)6-7(10(11,12)13)5-8(14)15-2/h5,9H,4,6H2,1-3H3. The molecule has 100 valence electrons. The smallest absolute Gasteiger partial charge is 0.413 e. The molecule has 0 fully saturated rings. The molecule has 0 aromatic rings. The zero-order chi connectivity index (χ0) is 13.5. The molecule has 0 N–H and O–H groups in total. The zero-order valence-electron chi connectivity index (χ0n) is 9.84. The first-order valence-corrected chi connectivity index (χ1v) is 4.85. The predicted molar refractivity (Wildman–Crippen MR) is 53.2 cm³/mol. The monoisotopic (exact) mass is 256 g/mol. The fourth-order valence-corrected chi connectivity index (χ4v) is 1.03. The highest BCUT2D eigenvalue weighted by atomic mass is 19.4. The van der Waals surface area contributed by atoms with Crippen LogP contribution >= 0.6 is 0 Å². The van der Waals surface area contributed by atoms with Gasteiger partial charge in [0.25, 0.3) is 0 Å². The highest BCUT2D eigenvalue weighted by molar-refractivity contribution is 5.82. The molecule has 0 aromatic carbocycles. The molecule has 0 radical (unpaired) electrons. The first kappa shape index (κ1) is 15.9. The fourth-order valence-electron chi connectivity index (χ4n) is 1.03. The maximum atomic E-state index is 12.6. The second-order valence-electron chi connectivity index (χ2n) is 3.02. The van der Waals surface area contributed by atoms with Gasteiger partial charge in [0.2, 0.25) is 0 Å². The zero-order valence-corrected chi connectivity index (χ0v) is 9.84. The molecule has 7 heteroatoms. The summed E-state index contributed by atoms with van der Waals surface area (Å²) in [5.41, 5.74) is -1.05. The molecular weight excluding hydrogens is 241 g/mol. The van der Waals surface area contributed by atoms with Gasteiger partial charge in [-0.05, 0) is 6.92 Å². The number of hydrogen-bond acceptors (Lipinski definition) is 4. The van der Waals surface area contributed by atoms with Crippen molar-refractivity contribution < 1.29 is 32.2 Å². The van der Waals surface area contributed by atoms with Crippen molar-refractivity contribution in [3.8, 4) is 0 Å². The van der Waals surface area contributed by atoms with E-state index in [1.807, 2.05) is 0 Å². The van der Waals surface area contributed by atoms with Crippen LogP contribution in [0.3, 0.4) is 0 Å². The van der Waals surface area contributed by atoms with Gasteiger partial charge in [-0.25, -0.2) is 4.79 Å². The van der Waals surface area contributed by atoms with Crippen molar-refractivity contribution in [2.75, 3.05) is 20.8 Å². The molecular formula is C10H15F3O4. The third-order valence-corrected chi connectivity index (χ3v) is 1.86. The van der Waals surface area contributed by atoms with E-state index in [0.717, 1.165) is 7.11 Å². The first-order chi connectivity index (χ1) is 7.85. The number of hydrogen-bond donors (Lipinski definition) is 0. The van der Waals surface area contributed by atoms with Crippen LogP contribution in [-0.4, -0.2) is 39.3 Å². The van der Waals surface area contributed by atoms with Gasteiger partial charge in [0.15, 0.2) is 6.29 Å². The summed E-state index contributed by atoms with van der Waals surface area (Å²) in [6, 6.07) is 0. The number of alkyl halides is 3. The van der Waals surface area contributed by atoms with Crippen molar-refractivity contribution in [3.63, 3.8) is 0 Å². The second kappa shape index (κ2) is 7.29. The lowest BCUT2D eigenvalue weighted by atomic mass is 10.1. The quantitative estimate of drug-likeness (QED) is 0.414. The van der Waals surface area contributed by atoms with Crippen molar-refractivity contribution in [3.05, 3.63) is 11.6 Å². The Kier molecular flexibility index (Phi) is 6.82. The molecule has 4 nitrogen and oxygen atoms in total. The van der Waals surface area contributed by atoms with Gasteiger partial charge in [0.05, 0.1) is 7.11 Å². The van der Waals surface area contributed by atoms with E-state index in [-0.39, 0.29) is 6.61 Å². The van der Waals surface area contributed by atoms with Gasteiger partial charge in [-0.1, -0.05) is 0 Å². The summed E-state index contributed by atoms with van der Waals surface area (Å²) in [6.07, 6.45) is -5.84. The first-order valence-electron chi connectivity index (χ1n) is 4.85. The number of ether oxygens (including phenoxy) is 3. The minimum absolute atomic E-state index is 0.210. The van der Waals surface area contributed by atoms with Crippen molar-refractivity contribution in [1.82, 2.24) is 0 Å².